The van der Waals surface area contributed by atoms with Crippen molar-refractivity contribution in [3.8, 4) is 0 Å². The minimum atomic E-state index is -1.70. The lowest BCUT2D eigenvalue weighted by Crippen LogP contribution is -2.18. The number of amides is 1. The summed E-state index contributed by atoms with van der Waals surface area (Å²) in [7, 11) is 0. The number of hydrogen-bond donors (Lipinski definition) is 2. The summed E-state index contributed by atoms with van der Waals surface area (Å²) >= 11 is 0. The average molecular weight is 269 g/mol. The molecule has 0 aliphatic heterocycles. The van der Waals surface area contributed by atoms with E-state index in [1.165, 1.54) is 0 Å². The third-order valence-electron chi connectivity index (χ3n) is 2.19. The van der Waals surface area contributed by atoms with E-state index in [-0.39, 0.29) is 5.69 Å². The molecule has 8 heteroatoms. The fourth-order valence-electron chi connectivity index (χ4n) is 1.30. The number of carbonyl (C=O) groups excluding carboxylic acids is 1. The summed E-state index contributed by atoms with van der Waals surface area (Å²) in [6.45, 7) is 0. The van der Waals surface area contributed by atoms with Crippen LogP contribution in [0.15, 0.2) is 29.3 Å². The molecule has 2 rings (SSSR count). The molecule has 0 aliphatic rings. The number of hydrogen-bond acceptors (Lipinski definition) is 3. The molecule has 2 N–H and O–H groups in total. The number of H-pyrrole nitrogens is 1. The third kappa shape index (κ3) is 2.62. The lowest BCUT2D eigenvalue weighted by Gasteiger charge is -2.06. The maximum atomic E-state index is 13.3. The van der Waals surface area contributed by atoms with Crippen LogP contribution in [-0.4, -0.2) is 15.9 Å². The minimum absolute atomic E-state index is 0.284. The van der Waals surface area contributed by atoms with Gasteiger partial charge in [0.25, 0.3) is 11.5 Å². The summed E-state index contributed by atoms with van der Waals surface area (Å²) in [5.41, 5.74) is -1.41. The Morgan fingerprint density at radius 3 is 2.63 bits per heavy atom. The SMILES string of the molecule is O=C(Nc1ccc(F)c(F)c1F)c1cc(=O)[nH]cn1. The van der Waals surface area contributed by atoms with Gasteiger partial charge in [0.05, 0.1) is 12.0 Å². The van der Waals surface area contributed by atoms with Gasteiger partial charge in [0.1, 0.15) is 5.69 Å². The zero-order valence-electron chi connectivity index (χ0n) is 9.21. The maximum absolute atomic E-state index is 13.3. The number of anilines is 1. The Balaban J connectivity index is 2.29. The van der Waals surface area contributed by atoms with Crippen LogP contribution in [0.4, 0.5) is 18.9 Å². The van der Waals surface area contributed by atoms with E-state index < -0.39 is 34.6 Å². The van der Waals surface area contributed by atoms with E-state index >= 15 is 0 Å². The van der Waals surface area contributed by atoms with Crippen LogP contribution in [-0.2, 0) is 0 Å². The molecule has 0 atom stereocenters. The molecule has 19 heavy (non-hydrogen) atoms. The molecule has 98 valence electrons. The molecule has 5 nitrogen and oxygen atoms in total. The van der Waals surface area contributed by atoms with Crippen LogP contribution in [0.5, 0.6) is 0 Å². The van der Waals surface area contributed by atoms with Gasteiger partial charge in [-0.05, 0) is 12.1 Å². The van der Waals surface area contributed by atoms with E-state index in [4.69, 9.17) is 0 Å². The number of nitrogens with zero attached hydrogens (tertiary/aromatic N) is 1. The molecular weight excluding hydrogens is 263 g/mol. The normalized spacial score (nSPS) is 10.3. The molecule has 0 fully saturated rings. The van der Waals surface area contributed by atoms with Crippen molar-refractivity contribution in [1.82, 2.24) is 9.97 Å². The number of aromatic nitrogens is 2. The molecule has 0 saturated heterocycles. The van der Waals surface area contributed by atoms with Crippen molar-refractivity contribution in [3.63, 3.8) is 0 Å². The van der Waals surface area contributed by atoms with Crippen LogP contribution in [0.2, 0.25) is 0 Å². The monoisotopic (exact) mass is 269 g/mol. The van der Waals surface area contributed by atoms with Crippen LogP contribution >= 0.6 is 0 Å². The fraction of sp³-hybridized carbons (Fsp3) is 0. The van der Waals surface area contributed by atoms with Gasteiger partial charge in [-0.15, -0.1) is 0 Å². The second-order valence-corrected chi connectivity index (χ2v) is 3.47. The predicted molar refractivity (Wildman–Crippen MR) is 59.1 cm³/mol. The Labute approximate surface area is 104 Å². The van der Waals surface area contributed by atoms with E-state index in [1.54, 1.807) is 0 Å². The predicted octanol–water partition coefficient (Wildman–Crippen LogP) is 1.44. The molecule has 0 bridgehead atoms. The average Bonchev–Trinajstić information content (AvgIpc) is 2.39. The molecule has 0 radical (unpaired) electrons. The maximum Gasteiger partial charge on any atom is 0.274 e. The highest BCUT2D eigenvalue weighted by Gasteiger charge is 2.16. The molecule has 0 saturated carbocycles. The largest absolute Gasteiger partial charge is 0.318 e. The van der Waals surface area contributed by atoms with Crippen LogP contribution < -0.4 is 10.9 Å². The summed E-state index contributed by atoms with van der Waals surface area (Å²) in [6, 6.07) is 2.41. The summed E-state index contributed by atoms with van der Waals surface area (Å²) in [6.07, 6.45) is 0.985. The molecule has 2 aromatic rings. The molecule has 1 amide bonds. The van der Waals surface area contributed by atoms with Crippen molar-refractivity contribution in [1.29, 1.82) is 0 Å². The van der Waals surface area contributed by atoms with Crippen LogP contribution in [0.3, 0.4) is 0 Å². The minimum Gasteiger partial charge on any atom is -0.318 e. The first kappa shape index (κ1) is 12.8. The zero-order chi connectivity index (χ0) is 14.0. The van der Waals surface area contributed by atoms with Gasteiger partial charge in [-0.1, -0.05) is 0 Å². The molecule has 1 heterocycles. The molecule has 0 unspecified atom stereocenters. The molecule has 0 aliphatic carbocycles. The second-order valence-electron chi connectivity index (χ2n) is 3.47. The van der Waals surface area contributed by atoms with E-state index in [0.29, 0.717) is 6.07 Å². The summed E-state index contributed by atoms with van der Waals surface area (Å²) in [5.74, 6) is -5.52. The number of benzene rings is 1. The molecule has 1 aromatic heterocycles. The molecule has 1 aromatic carbocycles. The Morgan fingerprint density at radius 2 is 1.95 bits per heavy atom. The number of carbonyl (C=O) groups is 1. The van der Waals surface area contributed by atoms with Gasteiger partial charge in [0, 0.05) is 6.07 Å². The van der Waals surface area contributed by atoms with Crippen molar-refractivity contribution in [2.24, 2.45) is 0 Å². The third-order valence-corrected chi connectivity index (χ3v) is 2.19. The fourth-order valence-corrected chi connectivity index (χ4v) is 1.30. The van der Waals surface area contributed by atoms with Gasteiger partial charge in [0.2, 0.25) is 0 Å². The van der Waals surface area contributed by atoms with E-state index in [9.17, 15) is 22.8 Å². The Kier molecular flexibility index (Phi) is 3.32. The number of nitrogens with one attached hydrogen (secondary N) is 2. The van der Waals surface area contributed by atoms with Gasteiger partial charge >= 0.3 is 0 Å². The summed E-state index contributed by atoms with van der Waals surface area (Å²) in [4.78, 5) is 28.3. The van der Waals surface area contributed by atoms with Gasteiger partial charge in [-0.2, -0.15) is 0 Å². The van der Waals surface area contributed by atoms with Gasteiger partial charge in [-0.3, -0.25) is 9.59 Å². The zero-order valence-corrected chi connectivity index (χ0v) is 9.21. The first-order valence-electron chi connectivity index (χ1n) is 4.98. The highest BCUT2D eigenvalue weighted by atomic mass is 19.2. The first-order valence-corrected chi connectivity index (χ1v) is 4.98. The van der Waals surface area contributed by atoms with Crippen LogP contribution in [0, 0.1) is 17.5 Å². The lowest BCUT2D eigenvalue weighted by molar-refractivity contribution is 0.102. The van der Waals surface area contributed by atoms with E-state index in [1.807, 2.05) is 5.32 Å². The van der Waals surface area contributed by atoms with Crippen molar-refractivity contribution in [3.05, 3.63) is 58.0 Å². The molecule has 0 spiro atoms. The van der Waals surface area contributed by atoms with E-state index in [2.05, 4.69) is 9.97 Å². The lowest BCUT2D eigenvalue weighted by atomic mass is 10.2. The Bertz CT molecular complexity index is 700. The summed E-state index contributed by atoms with van der Waals surface area (Å²) < 4.78 is 38.9. The number of aromatic amines is 1. The van der Waals surface area contributed by atoms with Crippen LogP contribution in [0.25, 0.3) is 0 Å². The smallest absolute Gasteiger partial charge is 0.274 e. The van der Waals surface area contributed by atoms with Crippen molar-refractivity contribution in [2.75, 3.05) is 5.32 Å². The van der Waals surface area contributed by atoms with Gasteiger partial charge < -0.3 is 10.3 Å². The Morgan fingerprint density at radius 1 is 1.21 bits per heavy atom. The van der Waals surface area contributed by atoms with Crippen molar-refractivity contribution < 1.29 is 18.0 Å². The second kappa shape index (κ2) is 4.92. The highest BCUT2D eigenvalue weighted by molar-refractivity contribution is 6.02. The topological polar surface area (TPSA) is 74.8 Å². The van der Waals surface area contributed by atoms with E-state index in [0.717, 1.165) is 18.5 Å². The van der Waals surface area contributed by atoms with Crippen LogP contribution in [0.1, 0.15) is 10.5 Å². The quantitative estimate of drug-likeness (QED) is 0.810. The number of rotatable bonds is 2. The highest BCUT2D eigenvalue weighted by Crippen LogP contribution is 2.19. The first-order chi connectivity index (χ1) is 8.99. The molecular formula is C11H6F3N3O2. The van der Waals surface area contributed by atoms with Gasteiger partial charge in [0.15, 0.2) is 17.5 Å². The van der Waals surface area contributed by atoms with Crippen molar-refractivity contribution in [2.45, 2.75) is 0 Å². The number of halogens is 3. The standard InChI is InChI=1S/C11H6F3N3O2/c12-5-1-2-6(10(14)9(5)13)17-11(19)7-3-8(18)16-4-15-7/h1-4H,(H,17,19)(H,15,16,18). The van der Waals surface area contributed by atoms with Gasteiger partial charge in [-0.25, -0.2) is 18.2 Å². The summed E-state index contributed by atoms with van der Waals surface area (Å²) in [5, 5.41) is 1.99. The van der Waals surface area contributed by atoms with Crippen molar-refractivity contribution >= 4 is 11.6 Å². The Hall–Kier alpha value is -2.64.